The quantitative estimate of drug-likeness (QED) is 0.837. The molecule has 0 fully saturated rings. The van der Waals surface area contributed by atoms with Crippen molar-refractivity contribution in [3.05, 3.63) is 53.1 Å². The van der Waals surface area contributed by atoms with Crippen molar-refractivity contribution >= 4 is 11.6 Å². The number of hydrogen-bond donors (Lipinski definition) is 1. The molecule has 0 aliphatic carbocycles. The number of aliphatic hydroxyl groups is 1. The average Bonchev–Trinajstić information content (AvgIpc) is 2.90. The molecule has 0 amide bonds. The van der Waals surface area contributed by atoms with Crippen LogP contribution in [-0.4, -0.2) is 14.7 Å². The van der Waals surface area contributed by atoms with E-state index in [4.69, 9.17) is 11.6 Å². The Morgan fingerprint density at radius 2 is 2.05 bits per heavy atom. The molecule has 108 valence electrons. The van der Waals surface area contributed by atoms with Gasteiger partial charge in [-0.05, 0) is 37.0 Å². The molecule has 1 aromatic heterocycles. The fourth-order valence-corrected chi connectivity index (χ4v) is 2.44. The van der Waals surface area contributed by atoms with Crippen LogP contribution < -0.4 is 0 Å². The molecule has 1 unspecified atom stereocenters. The van der Waals surface area contributed by atoms with Gasteiger partial charge in [-0.3, -0.25) is 0 Å². The van der Waals surface area contributed by atoms with Crippen molar-refractivity contribution in [1.29, 1.82) is 0 Å². The highest BCUT2D eigenvalue weighted by atomic mass is 35.5. The molecule has 0 bridgehead atoms. The maximum Gasteiger partial charge on any atom is 0.137 e. The van der Waals surface area contributed by atoms with E-state index in [0.717, 1.165) is 43.1 Å². The molecule has 4 heteroatoms. The molecule has 20 heavy (non-hydrogen) atoms. The van der Waals surface area contributed by atoms with Crippen LogP contribution in [0.1, 0.15) is 43.7 Å². The number of aromatic nitrogens is 2. The van der Waals surface area contributed by atoms with Crippen molar-refractivity contribution in [1.82, 2.24) is 9.55 Å². The van der Waals surface area contributed by atoms with E-state index in [1.54, 1.807) is 6.20 Å². The topological polar surface area (TPSA) is 38.1 Å². The van der Waals surface area contributed by atoms with Gasteiger partial charge >= 0.3 is 0 Å². The minimum atomic E-state index is -0.453. The second kappa shape index (κ2) is 7.46. The zero-order valence-electron chi connectivity index (χ0n) is 11.8. The van der Waals surface area contributed by atoms with E-state index in [1.165, 1.54) is 5.56 Å². The van der Waals surface area contributed by atoms with Crippen molar-refractivity contribution in [3.8, 4) is 0 Å². The fraction of sp³-hybridized carbons (Fsp3) is 0.438. The van der Waals surface area contributed by atoms with Crippen molar-refractivity contribution in [2.45, 2.75) is 45.3 Å². The summed E-state index contributed by atoms with van der Waals surface area (Å²) in [5, 5.41) is 10.8. The Balaban J connectivity index is 1.88. The molecular weight excluding hydrogens is 272 g/mol. The molecule has 2 aromatic rings. The molecule has 0 saturated heterocycles. The maximum absolute atomic E-state index is 10.0. The van der Waals surface area contributed by atoms with Crippen molar-refractivity contribution in [2.24, 2.45) is 0 Å². The van der Waals surface area contributed by atoms with E-state index in [9.17, 15) is 5.11 Å². The van der Waals surface area contributed by atoms with Gasteiger partial charge in [0.15, 0.2) is 0 Å². The first-order valence-corrected chi connectivity index (χ1v) is 7.52. The lowest BCUT2D eigenvalue weighted by Crippen LogP contribution is -2.09. The Morgan fingerprint density at radius 1 is 1.30 bits per heavy atom. The average molecular weight is 293 g/mol. The largest absolute Gasteiger partial charge is 0.385 e. The van der Waals surface area contributed by atoms with E-state index < -0.39 is 6.10 Å². The number of aryl methyl sites for hydroxylation is 2. The predicted octanol–water partition coefficient (Wildman–Crippen LogP) is 4.00. The molecule has 1 aromatic carbocycles. The number of benzene rings is 1. The van der Waals surface area contributed by atoms with Gasteiger partial charge in [0, 0.05) is 24.0 Å². The maximum atomic E-state index is 10.0. The van der Waals surface area contributed by atoms with E-state index >= 15 is 0 Å². The number of imidazole rings is 1. The Morgan fingerprint density at radius 3 is 2.75 bits per heavy atom. The highest BCUT2D eigenvalue weighted by molar-refractivity contribution is 6.30. The van der Waals surface area contributed by atoms with E-state index in [-0.39, 0.29) is 0 Å². The zero-order valence-corrected chi connectivity index (χ0v) is 12.6. The standard InChI is InChI=1S/C16H21ClN2O/c1-2-4-15(20)16-18-10-12-19(16)11-3-5-13-6-8-14(17)9-7-13/h6-10,12,15,20H,2-5,11H2,1H3. The summed E-state index contributed by atoms with van der Waals surface area (Å²) in [7, 11) is 0. The summed E-state index contributed by atoms with van der Waals surface area (Å²) in [6.45, 7) is 2.94. The Hall–Kier alpha value is -1.32. The van der Waals surface area contributed by atoms with Crippen LogP contribution in [0.25, 0.3) is 0 Å². The van der Waals surface area contributed by atoms with Crippen LogP contribution in [0.2, 0.25) is 5.02 Å². The summed E-state index contributed by atoms with van der Waals surface area (Å²) in [4.78, 5) is 4.27. The third kappa shape index (κ3) is 4.09. The summed E-state index contributed by atoms with van der Waals surface area (Å²) in [5.41, 5.74) is 1.28. The molecule has 1 N–H and O–H groups in total. The molecule has 0 spiro atoms. The normalized spacial score (nSPS) is 12.6. The highest BCUT2D eigenvalue weighted by Crippen LogP contribution is 2.17. The molecule has 1 atom stereocenters. The van der Waals surface area contributed by atoms with Gasteiger partial charge in [0.25, 0.3) is 0 Å². The molecule has 0 radical (unpaired) electrons. The van der Waals surface area contributed by atoms with E-state index in [2.05, 4.69) is 28.6 Å². The first-order chi connectivity index (χ1) is 9.70. The molecule has 3 nitrogen and oxygen atoms in total. The number of hydrogen-bond acceptors (Lipinski definition) is 2. The second-order valence-corrected chi connectivity index (χ2v) is 5.45. The van der Waals surface area contributed by atoms with Gasteiger partial charge in [0.05, 0.1) is 0 Å². The Bertz CT molecular complexity index is 522. The molecule has 2 rings (SSSR count). The number of nitrogens with zero attached hydrogens (tertiary/aromatic N) is 2. The lowest BCUT2D eigenvalue weighted by molar-refractivity contribution is 0.152. The summed E-state index contributed by atoms with van der Waals surface area (Å²) < 4.78 is 2.05. The van der Waals surface area contributed by atoms with Crippen LogP contribution in [0.15, 0.2) is 36.7 Å². The first-order valence-electron chi connectivity index (χ1n) is 7.14. The fourth-order valence-electron chi connectivity index (χ4n) is 2.31. The van der Waals surface area contributed by atoms with Gasteiger partial charge in [-0.1, -0.05) is 37.1 Å². The lowest BCUT2D eigenvalue weighted by Gasteiger charge is -2.12. The van der Waals surface area contributed by atoms with Gasteiger partial charge in [-0.15, -0.1) is 0 Å². The van der Waals surface area contributed by atoms with E-state index in [1.807, 2.05) is 18.3 Å². The van der Waals surface area contributed by atoms with Crippen molar-refractivity contribution in [3.63, 3.8) is 0 Å². The second-order valence-electron chi connectivity index (χ2n) is 5.01. The SMILES string of the molecule is CCCC(O)c1nccn1CCCc1ccc(Cl)cc1. The summed E-state index contributed by atoms with van der Waals surface area (Å²) >= 11 is 5.87. The smallest absolute Gasteiger partial charge is 0.137 e. The highest BCUT2D eigenvalue weighted by Gasteiger charge is 2.12. The van der Waals surface area contributed by atoms with Crippen LogP contribution in [-0.2, 0) is 13.0 Å². The molecule has 0 aliphatic heterocycles. The van der Waals surface area contributed by atoms with Crippen LogP contribution in [0.4, 0.5) is 0 Å². The van der Waals surface area contributed by atoms with Crippen LogP contribution in [0.5, 0.6) is 0 Å². The minimum Gasteiger partial charge on any atom is -0.385 e. The van der Waals surface area contributed by atoms with Crippen LogP contribution in [0.3, 0.4) is 0 Å². The molecular formula is C16H21ClN2O. The number of rotatable bonds is 7. The van der Waals surface area contributed by atoms with Crippen LogP contribution in [0, 0.1) is 0 Å². The first kappa shape index (κ1) is 15.1. The summed E-state index contributed by atoms with van der Waals surface area (Å²) in [5.74, 6) is 0.781. The lowest BCUT2D eigenvalue weighted by atomic mass is 10.1. The third-order valence-electron chi connectivity index (χ3n) is 3.39. The monoisotopic (exact) mass is 292 g/mol. The van der Waals surface area contributed by atoms with Crippen molar-refractivity contribution in [2.75, 3.05) is 0 Å². The van der Waals surface area contributed by atoms with Crippen molar-refractivity contribution < 1.29 is 5.11 Å². The zero-order chi connectivity index (χ0) is 14.4. The Kier molecular flexibility index (Phi) is 5.62. The van der Waals surface area contributed by atoms with Gasteiger partial charge in [-0.2, -0.15) is 0 Å². The molecule has 1 heterocycles. The molecule has 0 saturated carbocycles. The number of aliphatic hydroxyl groups excluding tert-OH is 1. The minimum absolute atomic E-state index is 0.453. The third-order valence-corrected chi connectivity index (χ3v) is 3.64. The van der Waals surface area contributed by atoms with Crippen LogP contribution >= 0.6 is 11.6 Å². The van der Waals surface area contributed by atoms with Gasteiger partial charge in [0.1, 0.15) is 11.9 Å². The van der Waals surface area contributed by atoms with E-state index in [0.29, 0.717) is 0 Å². The van der Waals surface area contributed by atoms with Gasteiger partial charge in [0.2, 0.25) is 0 Å². The summed E-state index contributed by atoms with van der Waals surface area (Å²) in [6, 6.07) is 7.96. The molecule has 0 aliphatic rings. The summed E-state index contributed by atoms with van der Waals surface area (Å²) in [6.07, 6.45) is 6.98. The van der Waals surface area contributed by atoms with Gasteiger partial charge in [-0.25, -0.2) is 4.98 Å². The van der Waals surface area contributed by atoms with Gasteiger partial charge < -0.3 is 9.67 Å². The Labute approximate surface area is 125 Å². The predicted molar refractivity (Wildman–Crippen MR) is 81.9 cm³/mol. The number of halogens is 1.